The quantitative estimate of drug-likeness (QED) is 0.645. The first-order chi connectivity index (χ1) is 13.4. The Kier molecular flexibility index (Phi) is 7.75. The van der Waals surface area contributed by atoms with E-state index in [9.17, 15) is 14.4 Å². The molecule has 2 aromatic rings. The van der Waals surface area contributed by atoms with Crippen LogP contribution in [0.15, 0.2) is 48.5 Å². The fourth-order valence-corrected chi connectivity index (χ4v) is 2.52. The van der Waals surface area contributed by atoms with Gasteiger partial charge in [0.25, 0.3) is 5.91 Å². The van der Waals surface area contributed by atoms with Crippen molar-refractivity contribution in [2.24, 2.45) is 5.92 Å². The molecule has 0 spiro atoms. The highest BCUT2D eigenvalue weighted by molar-refractivity contribution is 6.40. The van der Waals surface area contributed by atoms with Crippen molar-refractivity contribution in [2.45, 2.75) is 33.7 Å². The zero-order chi connectivity index (χ0) is 20.5. The van der Waals surface area contributed by atoms with E-state index in [-0.39, 0.29) is 11.8 Å². The topological polar surface area (TPSA) is 87.3 Å². The van der Waals surface area contributed by atoms with Crippen LogP contribution in [0.2, 0.25) is 0 Å². The van der Waals surface area contributed by atoms with Gasteiger partial charge in [0.05, 0.1) is 11.3 Å². The third-order valence-corrected chi connectivity index (χ3v) is 4.18. The molecular weight excluding hydrogens is 354 g/mol. The highest BCUT2D eigenvalue weighted by Gasteiger charge is 2.17. The van der Waals surface area contributed by atoms with Gasteiger partial charge in [-0.3, -0.25) is 14.4 Å². The fraction of sp³-hybridized carbons (Fsp3) is 0.318. The van der Waals surface area contributed by atoms with Gasteiger partial charge in [0, 0.05) is 13.1 Å². The average Bonchev–Trinajstić information content (AvgIpc) is 2.70. The number of hydrogen-bond acceptors (Lipinski definition) is 3. The number of hydrogen-bond donors (Lipinski definition) is 3. The van der Waals surface area contributed by atoms with Gasteiger partial charge in [0.1, 0.15) is 0 Å². The van der Waals surface area contributed by atoms with Gasteiger partial charge < -0.3 is 16.0 Å². The SMILES string of the molecule is CCc1ccc(CNC(=O)c2ccccc2NC(=O)C(=O)NCC(C)C)cc1. The summed E-state index contributed by atoms with van der Waals surface area (Å²) in [5, 5.41) is 7.92. The van der Waals surface area contributed by atoms with Crippen molar-refractivity contribution in [1.82, 2.24) is 10.6 Å². The van der Waals surface area contributed by atoms with Gasteiger partial charge in [-0.05, 0) is 35.6 Å². The predicted octanol–water partition coefficient (Wildman–Crippen LogP) is 2.89. The Balaban J connectivity index is 2.00. The molecule has 0 bridgehead atoms. The Hall–Kier alpha value is -3.15. The van der Waals surface area contributed by atoms with E-state index < -0.39 is 11.8 Å². The molecule has 0 fully saturated rings. The summed E-state index contributed by atoms with van der Waals surface area (Å²) in [6.07, 6.45) is 0.963. The largest absolute Gasteiger partial charge is 0.348 e. The lowest BCUT2D eigenvalue weighted by molar-refractivity contribution is -0.136. The molecule has 2 rings (SSSR count). The van der Waals surface area contributed by atoms with Crippen molar-refractivity contribution in [3.8, 4) is 0 Å². The van der Waals surface area contributed by atoms with Gasteiger partial charge >= 0.3 is 11.8 Å². The molecule has 0 atom stereocenters. The number of amides is 3. The van der Waals surface area contributed by atoms with Crippen molar-refractivity contribution in [2.75, 3.05) is 11.9 Å². The third-order valence-electron chi connectivity index (χ3n) is 4.18. The molecule has 0 aliphatic rings. The van der Waals surface area contributed by atoms with Crippen molar-refractivity contribution in [1.29, 1.82) is 0 Å². The van der Waals surface area contributed by atoms with E-state index in [1.165, 1.54) is 5.56 Å². The minimum absolute atomic E-state index is 0.237. The molecule has 0 saturated heterocycles. The maximum absolute atomic E-state index is 12.6. The van der Waals surface area contributed by atoms with Gasteiger partial charge in [-0.15, -0.1) is 0 Å². The van der Waals surface area contributed by atoms with Crippen LogP contribution in [0, 0.1) is 5.92 Å². The van der Waals surface area contributed by atoms with E-state index in [4.69, 9.17) is 0 Å². The van der Waals surface area contributed by atoms with Crippen molar-refractivity contribution >= 4 is 23.4 Å². The molecule has 0 aliphatic carbocycles. The number of benzene rings is 2. The Morgan fingerprint density at radius 2 is 1.50 bits per heavy atom. The van der Waals surface area contributed by atoms with E-state index in [2.05, 4.69) is 22.9 Å². The lowest BCUT2D eigenvalue weighted by Gasteiger charge is -2.12. The Labute approximate surface area is 165 Å². The monoisotopic (exact) mass is 381 g/mol. The average molecular weight is 381 g/mol. The molecule has 2 aromatic carbocycles. The van der Waals surface area contributed by atoms with Crippen molar-refractivity contribution < 1.29 is 14.4 Å². The van der Waals surface area contributed by atoms with Crippen LogP contribution < -0.4 is 16.0 Å². The number of carbonyl (C=O) groups excluding carboxylic acids is 3. The van der Waals surface area contributed by atoms with Crippen molar-refractivity contribution in [3.05, 3.63) is 65.2 Å². The summed E-state index contributed by atoms with van der Waals surface area (Å²) in [5.41, 5.74) is 2.82. The molecule has 0 radical (unpaired) electrons. The first-order valence-electron chi connectivity index (χ1n) is 9.45. The first kappa shape index (κ1) is 21.2. The molecule has 0 saturated carbocycles. The summed E-state index contributed by atoms with van der Waals surface area (Å²) in [6, 6.07) is 14.6. The molecule has 28 heavy (non-hydrogen) atoms. The normalized spacial score (nSPS) is 10.4. The third kappa shape index (κ3) is 6.23. The van der Waals surface area contributed by atoms with Crippen LogP contribution in [0.3, 0.4) is 0 Å². The number of para-hydroxylation sites is 1. The maximum atomic E-state index is 12.6. The number of nitrogens with one attached hydrogen (secondary N) is 3. The van der Waals surface area contributed by atoms with E-state index in [0.717, 1.165) is 12.0 Å². The van der Waals surface area contributed by atoms with Gasteiger partial charge in [-0.1, -0.05) is 57.2 Å². The lowest BCUT2D eigenvalue weighted by Crippen LogP contribution is -2.37. The van der Waals surface area contributed by atoms with Crippen LogP contribution >= 0.6 is 0 Å². The summed E-state index contributed by atoms with van der Waals surface area (Å²) in [5.74, 6) is -1.60. The Bertz CT molecular complexity index is 829. The Morgan fingerprint density at radius 3 is 2.14 bits per heavy atom. The second-order valence-corrected chi connectivity index (χ2v) is 6.96. The van der Waals surface area contributed by atoms with Gasteiger partial charge in [-0.25, -0.2) is 0 Å². The highest BCUT2D eigenvalue weighted by atomic mass is 16.2. The van der Waals surface area contributed by atoms with Crippen LogP contribution in [0.1, 0.15) is 42.3 Å². The lowest BCUT2D eigenvalue weighted by atomic mass is 10.1. The summed E-state index contributed by atoms with van der Waals surface area (Å²) >= 11 is 0. The van der Waals surface area contributed by atoms with E-state index in [1.807, 2.05) is 38.1 Å². The maximum Gasteiger partial charge on any atom is 0.313 e. The molecule has 6 heteroatoms. The van der Waals surface area contributed by atoms with Gasteiger partial charge in [-0.2, -0.15) is 0 Å². The molecule has 6 nitrogen and oxygen atoms in total. The molecule has 148 valence electrons. The van der Waals surface area contributed by atoms with Gasteiger partial charge in [0.15, 0.2) is 0 Å². The highest BCUT2D eigenvalue weighted by Crippen LogP contribution is 2.15. The summed E-state index contributed by atoms with van der Waals surface area (Å²) in [7, 11) is 0. The fourth-order valence-electron chi connectivity index (χ4n) is 2.52. The predicted molar refractivity (Wildman–Crippen MR) is 110 cm³/mol. The van der Waals surface area contributed by atoms with Crippen molar-refractivity contribution in [3.63, 3.8) is 0 Å². The number of aryl methyl sites for hydroxylation is 1. The molecular formula is C22H27N3O3. The minimum Gasteiger partial charge on any atom is -0.348 e. The first-order valence-corrected chi connectivity index (χ1v) is 9.45. The van der Waals surface area contributed by atoms with Crippen LogP contribution in [-0.2, 0) is 22.6 Å². The number of carbonyl (C=O) groups is 3. The zero-order valence-corrected chi connectivity index (χ0v) is 16.5. The van der Waals surface area contributed by atoms with Gasteiger partial charge in [0.2, 0.25) is 0 Å². The van der Waals surface area contributed by atoms with Crippen LogP contribution in [0.5, 0.6) is 0 Å². The van der Waals surface area contributed by atoms with Crippen LogP contribution in [-0.4, -0.2) is 24.3 Å². The van der Waals surface area contributed by atoms with E-state index in [1.54, 1.807) is 24.3 Å². The molecule has 0 unspecified atom stereocenters. The standard InChI is InChI=1S/C22H27N3O3/c1-4-16-9-11-17(12-10-16)14-24-20(26)18-7-5-6-8-19(18)25-22(28)21(27)23-13-15(2)3/h5-12,15H,4,13-14H2,1-3H3,(H,23,27)(H,24,26)(H,25,28). The minimum atomic E-state index is -0.795. The summed E-state index contributed by atoms with van der Waals surface area (Å²) in [4.78, 5) is 36.5. The molecule has 0 aromatic heterocycles. The second-order valence-electron chi connectivity index (χ2n) is 6.96. The molecule has 0 aliphatic heterocycles. The molecule has 3 N–H and O–H groups in total. The van der Waals surface area contributed by atoms with Crippen LogP contribution in [0.25, 0.3) is 0 Å². The number of rotatable bonds is 7. The van der Waals surface area contributed by atoms with E-state index >= 15 is 0 Å². The summed E-state index contributed by atoms with van der Waals surface area (Å²) < 4.78 is 0. The van der Waals surface area contributed by atoms with E-state index in [0.29, 0.717) is 24.3 Å². The molecule has 3 amide bonds. The second kappa shape index (κ2) is 10.3. The smallest absolute Gasteiger partial charge is 0.313 e. The number of anilines is 1. The zero-order valence-electron chi connectivity index (χ0n) is 16.5. The molecule has 0 heterocycles. The Morgan fingerprint density at radius 1 is 0.857 bits per heavy atom. The van der Waals surface area contributed by atoms with Crippen LogP contribution in [0.4, 0.5) is 5.69 Å². The summed E-state index contributed by atoms with van der Waals surface area (Å²) in [6.45, 7) is 6.75.